The van der Waals surface area contributed by atoms with Crippen LogP contribution >= 0.6 is 0 Å². The molecule has 0 spiro atoms. The lowest BCUT2D eigenvalue weighted by Gasteiger charge is -2.06. The van der Waals surface area contributed by atoms with Gasteiger partial charge in [-0.2, -0.15) is 0 Å². The van der Waals surface area contributed by atoms with E-state index in [0.29, 0.717) is 18.2 Å². The molecule has 0 aliphatic rings. The third-order valence-electron chi connectivity index (χ3n) is 2.70. The van der Waals surface area contributed by atoms with Gasteiger partial charge in [-0.25, -0.2) is 15.0 Å². The highest BCUT2D eigenvalue weighted by molar-refractivity contribution is 5.48. The van der Waals surface area contributed by atoms with E-state index in [0.717, 1.165) is 12.2 Å². The Balaban J connectivity index is 1.59. The Kier molecular flexibility index (Phi) is 3.64. The molecule has 0 saturated carbocycles. The van der Waals surface area contributed by atoms with E-state index in [2.05, 4.69) is 19.9 Å². The Morgan fingerprint density at radius 3 is 2.65 bits per heavy atom. The number of rotatable bonds is 5. The molecule has 0 fully saturated rings. The molecule has 6 nitrogen and oxygen atoms in total. The molecule has 0 aliphatic heterocycles. The molecule has 3 aromatic rings. The largest absolute Gasteiger partial charge is 0.488 e. The molecule has 0 aliphatic carbocycles. The van der Waals surface area contributed by atoms with Gasteiger partial charge in [0.15, 0.2) is 11.6 Å². The predicted molar refractivity (Wildman–Crippen MR) is 73.0 cm³/mol. The van der Waals surface area contributed by atoms with Crippen molar-refractivity contribution in [1.29, 1.82) is 0 Å². The summed E-state index contributed by atoms with van der Waals surface area (Å²) in [5.41, 5.74) is 0.748. The highest BCUT2D eigenvalue weighted by Crippen LogP contribution is 2.13. The summed E-state index contributed by atoms with van der Waals surface area (Å²) in [5.74, 6) is 1.23. The number of pyridine rings is 1. The van der Waals surface area contributed by atoms with Crippen LogP contribution in [0.1, 0.15) is 0 Å². The quantitative estimate of drug-likeness (QED) is 0.705. The van der Waals surface area contributed by atoms with Gasteiger partial charge in [-0.05, 0) is 12.1 Å². The van der Waals surface area contributed by atoms with Crippen molar-refractivity contribution < 1.29 is 4.74 Å². The van der Waals surface area contributed by atoms with E-state index in [-0.39, 0.29) is 0 Å². The van der Waals surface area contributed by atoms with Gasteiger partial charge in [-0.3, -0.25) is 4.98 Å². The van der Waals surface area contributed by atoms with Crippen LogP contribution < -0.4 is 4.74 Å². The second-order valence-electron chi connectivity index (χ2n) is 4.11. The number of hydrogen-bond donors (Lipinski definition) is 0. The molecule has 0 radical (unpaired) electrons. The first-order valence-electron chi connectivity index (χ1n) is 6.24. The van der Waals surface area contributed by atoms with E-state index in [1.54, 1.807) is 31.1 Å². The summed E-state index contributed by atoms with van der Waals surface area (Å²) in [6, 6.07) is 5.63. The summed E-state index contributed by atoms with van der Waals surface area (Å²) in [6.45, 7) is 1.28. The Morgan fingerprint density at radius 2 is 1.95 bits per heavy atom. The van der Waals surface area contributed by atoms with Gasteiger partial charge >= 0.3 is 0 Å². The topological polar surface area (TPSA) is 65.7 Å². The molecule has 0 amide bonds. The first-order valence-corrected chi connectivity index (χ1v) is 6.24. The van der Waals surface area contributed by atoms with E-state index in [1.807, 2.05) is 29.0 Å². The number of nitrogens with zero attached hydrogens (tertiary/aromatic N) is 5. The minimum atomic E-state index is 0.544. The fourth-order valence-corrected chi connectivity index (χ4v) is 1.71. The minimum absolute atomic E-state index is 0.544. The second-order valence-corrected chi connectivity index (χ2v) is 4.11. The van der Waals surface area contributed by atoms with E-state index in [4.69, 9.17) is 4.74 Å². The summed E-state index contributed by atoms with van der Waals surface area (Å²) < 4.78 is 7.52. The first kappa shape index (κ1) is 12.3. The average Bonchev–Trinajstić information content (AvgIpc) is 3.02. The van der Waals surface area contributed by atoms with Gasteiger partial charge in [0.25, 0.3) is 0 Å². The average molecular weight is 267 g/mol. The maximum Gasteiger partial charge on any atom is 0.178 e. The monoisotopic (exact) mass is 267 g/mol. The fourth-order valence-electron chi connectivity index (χ4n) is 1.71. The number of hydrogen-bond acceptors (Lipinski definition) is 5. The van der Waals surface area contributed by atoms with Gasteiger partial charge in [0, 0.05) is 18.6 Å². The van der Waals surface area contributed by atoms with Crippen LogP contribution in [0.2, 0.25) is 0 Å². The Hall–Kier alpha value is -2.76. The van der Waals surface area contributed by atoms with Crippen molar-refractivity contribution >= 4 is 0 Å². The molecule has 0 aromatic carbocycles. The Bertz CT molecular complexity index is 637. The molecule has 0 unspecified atom stereocenters. The second kappa shape index (κ2) is 5.92. The Labute approximate surface area is 116 Å². The normalized spacial score (nSPS) is 10.4. The van der Waals surface area contributed by atoms with Crippen LogP contribution in [0.3, 0.4) is 0 Å². The van der Waals surface area contributed by atoms with Crippen LogP contribution in [0.15, 0.2) is 55.5 Å². The molecular formula is C14H13N5O. The van der Waals surface area contributed by atoms with Gasteiger partial charge in [0.1, 0.15) is 12.3 Å². The molecule has 0 atom stereocenters. The Morgan fingerprint density at radius 1 is 1.05 bits per heavy atom. The molecule has 3 aromatic heterocycles. The summed E-state index contributed by atoms with van der Waals surface area (Å²) in [6.07, 6.45) is 10.4. The lowest BCUT2D eigenvalue weighted by atomic mass is 10.3. The standard InChI is InChI=1S/C14H13N5O/c1-2-4-16-13(3-1)14-17-9-12(10-18-14)20-8-7-19-6-5-15-11-19/h1-6,9-11H,7-8H2. The highest BCUT2D eigenvalue weighted by Gasteiger charge is 2.02. The molecule has 0 saturated heterocycles. The summed E-state index contributed by atoms with van der Waals surface area (Å²) >= 11 is 0. The molecule has 6 heteroatoms. The summed E-state index contributed by atoms with van der Waals surface area (Å²) in [5, 5.41) is 0. The SMILES string of the molecule is c1ccc(-c2ncc(OCCn3ccnc3)cn2)nc1. The van der Waals surface area contributed by atoms with Crippen LogP contribution in [0.5, 0.6) is 5.75 Å². The highest BCUT2D eigenvalue weighted by atomic mass is 16.5. The molecule has 20 heavy (non-hydrogen) atoms. The number of aromatic nitrogens is 5. The maximum atomic E-state index is 5.58. The third kappa shape index (κ3) is 2.97. The van der Waals surface area contributed by atoms with Crippen LogP contribution in [-0.4, -0.2) is 31.1 Å². The first-order chi connectivity index (χ1) is 9.92. The van der Waals surface area contributed by atoms with Gasteiger partial charge in [-0.1, -0.05) is 6.07 Å². The molecule has 3 heterocycles. The van der Waals surface area contributed by atoms with Crippen molar-refractivity contribution in [2.24, 2.45) is 0 Å². The predicted octanol–water partition coefficient (Wildman–Crippen LogP) is 1.81. The molecule has 3 rings (SSSR count). The molecular weight excluding hydrogens is 254 g/mol. The zero-order chi connectivity index (χ0) is 13.6. The van der Waals surface area contributed by atoms with E-state index in [1.165, 1.54) is 0 Å². The van der Waals surface area contributed by atoms with E-state index in [9.17, 15) is 0 Å². The maximum absolute atomic E-state index is 5.58. The van der Waals surface area contributed by atoms with E-state index >= 15 is 0 Å². The van der Waals surface area contributed by atoms with Crippen molar-refractivity contribution in [3.8, 4) is 17.3 Å². The van der Waals surface area contributed by atoms with Crippen LogP contribution in [-0.2, 0) is 6.54 Å². The number of ether oxygens (including phenoxy) is 1. The van der Waals surface area contributed by atoms with Gasteiger partial charge < -0.3 is 9.30 Å². The van der Waals surface area contributed by atoms with Crippen molar-refractivity contribution in [2.45, 2.75) is 6.54 Å². The summed E-state index contributed by atoms with van der Waals surface area (Å²) in [4.78, 5) is 16.7. The lowest BCUT2D eigenvalue weighted by Crippen LogP contribution is -2.07. The summed E-state index contributed by atoms with van der Waals surface area (Å²) in [7, 11) is 0. The van der Waals surface area contributed by atoms with E-state index < -0.39 is 0 Å². The third-order valence-corrected chi connectivity index (χ3v) is 2.70. The van der Waals surface area contributed by atoms with Crippen molar-refractivity contribution in [3.63, 3.8) is 0 Å². The zero-order valence-electron chi connectivity index (χ0n) is 10.8. The van der Waals surface area contributed by atoms with Crippen molar-refractivity contribution in [3.05, 3.63) is 55.5 Å². The fraction of sp³-hybridized carbons (Fsp3) is 0.143. The smallest absolute Gasteiger partial charge is 0.178 e. The lowest BCUT2D eigenvalue weighted by molar-refractivity contribution is 0.296. The minimum Gasteiger partial charge on any atom is -0.488 e. The van der Waals surface area contributed by atoms with Crippen LogP contribution in [0.4, 0.5) is 0 Å². The van der Waals surface area contributed by atoms with Crippen LogP contribution in [0.25, 0.3) is 11.5 Å². The molecule has 100 valence electrons. The zero-order valence-corrected chi connectivity index (χ0v) is 10.8. The van der Waals surface area contributed by atoms with Gasteiger partial charge in [0.05, 0.1) is 25.3 Å². The van der Waals surface area contributed by atoms with Gasteiger partial charge in [-0.15, -0.1) is 0 Å². The van der Waals surface area contributed by atoms with Crippen molar-refractivity contribution in [2.75, 3.05) is 6.61 Å². The van der Waals surface area contributed by atoms with Gasteiger partial charge in [0.2, 0.25) is 0 Å². The molecule has 0 bridgehead atoms. The number of imidazole rings is 1. The van der Waals surface area contributed by atoms with Crippen molar-refractivity contribution in [1.82, 2.24) is 24.5 Å². The van der Waals surface area contributed by atoms with Crippen LogP contribution in [0, 0.1) is 0 Å². The molecule has 0 N–H and O–H groups in total.